The molecule has 0 unspecified atom stereocenters. The summed E-state index contributed by atoms with van der Waals surface area (Å²) in [6, 6.07) is 2.23. The van der Waals surface area contributed by atoms with Gasteiger partial charge in [-0.05, 0) is 50.7 Å². The van der Waals surface area contributed by atoms with Gasteiger partial charge >= 0.3 is 18.3 Å². The highest BCUT2D eigenvalue weighted by Crippen LogP contribution is 2.35. The van der Waals surface area contributed by atoms with Crippen LogP contribution in [0.4, 0.5) is 18.9 Å². The molecule has 0 aromatic heterocycles. The molecule has 1 aromatic carbocycles. The van der Waals surface area contributed by atoms with Crippen molar-refractivity contribution >= 4 is 56.1 Å². The molecule has 1 aliphatic rings. The third-order valence-electron chi connectivity index (χ3n) is 2.73. The molecule has 1 heterocycles. The molecule has 2 rings (SSSR count). The van der Waals surface area contributed by atoms with E-state index in [0.717, 1.165) is 18.3 Å². The van der Waals surface area contributed by atoms with E-state index in [2.05, 4.69) is 26.0 Å². The minimum Gasteiger partial charge on any atom is -0.419 e. The van der Waals surface area contributed by atoms with E-state index in [-0.39, 0.29) is 10.0 Å². The van der Waals surface area contributed by atoms with Crippen LogP contribution < -0.4 is 10.1 Å². The van der Waals surface area contributed by atoms with Crippen LogP contribution in [-0.2, 0) is 19.1 Å². The molecule has 0 spiro atoms. The van der Waals surface area contributed by atoms with Gasteiger partial charge in [0.25, 0.3) is 5.79 Å². The topological polar surface area (TPSA) is 73.9 Å². The maximum absolute atomic E-state index is 12.3. The summed E-state index contributed by atoms with van der Waals surface area (Å²) in [5.41, 5.74) is -0.0503. The van der Waals surface area contributed by atoms with Crippen LogP contribution in [0.5, 0.6) is 5.75 Å². The minimum absolute atomic E-state index is 0.230. The number of hydrogen-bond donors (Lipinski definition) is 1. The van der Waals surface area contributed by atoms with E-state index < -0.39 is 29.8 Å². The summed E-state index contributed by atoms with van der Waals surface area (Å²) < 4.78 is 51.1. The molecule has 25 heavy (non-hydrogen) atoms. The fourth-order valence-corrected chi connectivity index (χ4v) is 3.48. The molecule has 6 nitrogen and oxygen atoms in total. The summed E-state index contributed by atoms with van der Waals surface area (Å²) in [5, 5.41) is 2.67. The van der Waals surface area contributed by atoms with Gasteiger partial charge in [-0.3, -0.25) is 0 Å². The van der Waals surface area contributed by atoms with Crippen LogP contribution >= 0.6 is 38.5 Å². The van der Waals surface area contributed by atoms with Gasteiger partial charge in [0.2, 0.25) is 0 Å². The molecule has 0 atom stereocenters. The third-order valence-corrected chi connectivity index (χ3v) is 4.20. The second kappa shape index (κ2) is 7.02. The lowest BCUT2D eigenvalue weighted by atomic mass is 10.2. The van der Waals surface area contributed by atoms with Gasteiger partial charge in [0.05, 0.1) is 5.69 Å². The molecule has 1 aromatic rings. The predicted molar refractivity (Wildman–Crippen MR) is 91.5 cm³/mol. The Morgan fingerprint density at radius 3 is 2.28 bits per heavy atom. The van der Waals surface area contributed by atoms with Gasteiger partial charge in [0, 0.05) is 28.1 Å². The highest BCUT2D eigenvalue weighted by molar-refractivity contribution is 14.1. The lowest BCUT2D eigenvalue weighted by molar-refractivity contribution is -0.274. The van der Waals surface area contributed by atoms with Gasteiger partial charge in [-0.25, -0.2) is 9.59 Å². The van der Waals surface area contributed by atoms with E-state index >= 15 is 0 Å². The SMILES string of the molecule is CC1(C)OC(=O)C(=CNc2c(Br)cc(OC(F)(F)F)cc2I)C(=O)O1. The quantitative estimate of drug-likeness (QED) is 0.272. The predicted octanol–water partition coefficient (Wildman–Crippen LogP) is 4.08. The van der Waals surface area contributed by atoms with Crippen LogP contribution in [-0.4, -0.2) is 24.1 Å². The Hall–Kier alpha value is -1.50. The fraction of sp³-hybridized carbons (Fsp3) is 0.286. The van der Waals surface area contributed by atoms with Crippen molar-refractivity contribution in [1.82, 2.24) is 0 Å². The zero-order valence-electron chi connectivity index (χ0n) is 12.7. The second-order valence-electron chi connectivity index (χ2n) is 5.19. The lowest BCUT2D eigenvalue weighted by Crippen LogP contribution is -2.42. The first kappa shape index (κ1) is 19.8. The number of hydrogen-bond acceptors (Lipinski definition) is 6. The Bertz CT molecular complexity index is 718. The van der Waals surface area contributed by atoms with Crippen molar-refractivity contribution in [3.8, 4) is 5.75 Å². The number of carbonyl (C=O) groups is 2. The standard InChI is InChI=1S/C14H10BrF3INO5/c1-13(2)24-11(21)7(12(22)25-13)5-20-10-8(15)3-6(4-9(10)19)23-14(16,17)18/h3-5,20H,1-2H3. The lowest BCUT2D eigenvalue weighted by Gasteiger charge is -2.29. The number of cyclic esters (lactones) is 2. The van der Waals surface area contributed by atoms with Gasteiger partial charge in [0.1, 0.15) is 5.75 Å². The van der Waals surface area contributed by atoms with E-state index in [9.17, 15) is 22.8 Å². The number of carbonyl (C=O) groups excluding carboxylic acids is 2. The van der Waals surface area contributed by atoms with Crippen LogP contribution in [0.2, 0.25) is 0 Å². The molecule has 1 aliphatic heterocycles. The molecule has 0 saturated carbocycles. The number of anilines is 1. The Morgan fingerprint density at radius 1 is 1.24 bits per heavy atom. The highest BCUT2D eigenvalue weighted by atomic mass is 127. The molecular formula is C14H10BrF3INO5. The first-order valence-electron chi connectivity index (χ1n) is 6.56. The van der Waals surface area contributed by atoms with E-state index in [4.69, 9.17) is 9.47 Å². The minimum atomic E-state index is -4.82. The van der Waals surface area contributed by atoms with Gasteiger partial charge in [-0.1, -0.05) is 0 Å². The van der Waals surface area contributed by atoms with Gasteiger partial charge in [-0.15, -0.1) is 13.2 Å². The number of benzene rings is 1. The summed E-state index contributed by atoms with van der Waals surface area (Å²) in [6.07, 6.45) is -3.76. The van der Waals surface area contributed by atoms with Gasteiger partial charge in [0.15, 0.2) is 5.57 Å². The maximum atomic E-state index is 12.3. The van der Waals surface area contributed by atoms with Crippen molar-refractivity contribution in [3.63, 3.8) is 0 Å². The van der Waals surface area contributed by atoms with Crippen LogP contribution in [0.15, 0.2) is 28.4 Å². The number of halogens is 5. The Balaban J connectivity index is 2.23. The third kappa shape index (κ3) is 5.23. The number of rotatable bonds is 3. The largest absolute Gasteiger partial charge is 0.573 e. The summed E-state index contributed by atoms with van der Waals surface area (Å²) >= 11 is 4.87. The Morgan fingerprint density at radius 2 is 1.80 bits per heavy atom. The molecule has 0 radical (unpaired) electrons. The number of alkyl halides is 3. The van der Waals surface area contributed by atoms with Crippen LogP contribution in [0, 0.1) is 3.57 Å². The first-order chi connectivity index (χ1) is 11.4. The van der Waals surface area contributed by atoms with Gasteiger partial charge < -0.3 is 19.5 Å². The van der Waals surface area contributed by atoms with Crippen molar-refractivity contribution in [3.05, 3.63) is 31.9 Å². The van der Waals surface area contributed by atoms with Crippen molar-refractivity contribution in [2.75, 3.05) is 5.32 Å². The zero-order valence-corrected chi connectivity index (χ0v) is 16.4. The van der Waals surface area contributed by atoms with Crippen molar-refractivity contribution in [2.45, 2.75) is 26.0 Å². The molecule has 136 valence electrons. The Labute approximate surface area is 161 Å². The molecule has 11 heteroatoms. The van der Waals surface area contributed by atoms with Crippen molar-refractivity contribution < 1.29 is 37.0 Å². The molecule has 1 saturated heterocycles. The van der Waals surface area contributed by atoms with Crippen molar-refractivity contribution in [1.29, 1.82) is 0 Å². The smallest absolute Gasteiger partial charge is 0.419 e. The summed E-state index contributed by atoms with van der Waals surface area (Å²) in [4.78, 5) is 23.7. The normalized spacial score (nSPS) is 16.8. The first-order valence-corrected chi connectivity index (χ1v) is 8.43. The molecule has 0 bridgehead atoms. The van der Waals surface area contributed by atoms with Crippen molar-refractivity contribution in [2.24, 2.45) is 0 Å². The van der Waals surface area contributed by atoms with Crippen LogP contribution in [0.3, 0.4) is 0 Å². The maximum Gasteiger partial charge on any atom is 0.573 e. The van der Waals surface area contributed by atoms with E-state index in [1.54, 1.807) is 22.6 Å². The fourth-order valence-electron chi connectivity index (χ4n) is 1.80. The highest BCUT2D eigenvalue weighted by Gasteiger charge is 2.39. The van der Waals surface area contributed by atoms with Crippen LogP contribution in [0.25, 0.3) is 0 Å². The summed E-state index contributed by atoms with van der Waals surface area (Å²) in [7, 11) is 0. The summed E-state index contributed by atoms with van der Waals surface area (Å²) in [5.74, 6) is -3.54. The van der Waals surface area contributed by atoms with E-state index in [0.29, 0.717) is 9.26 Å². The molecule has 1 N–H and O–H groups in total. The molecular weight excluding hydrogens is 526 g/mol. The van der Waals surface area contributed by atoms with Gasteiger partial charge in [-0.2, -0.15) is 0 Å². The zero-order chi connectivity index (χ0) is 19.0. The number of ether oxygens (including phenoxy) is 3. The Kier molecular flexibility index (Phi) is 5.56. The molecule has 0 aliphatic carbocycles. The number of nitrogens with one attached hydrogen (secondary N) is 1. The van der Waals surface area contributed by atoms with Crippen LogP contribution in [0.1, 0.15) is 13.8 Å². The second-order valence-corrected chi connectivity index (χ2v) is 7.21. The molecule has 1 fully saturated rings. The number of esters is 2. The van der Waals surface area contributed by atoms with E-state index in [1.165, 1.54) is 13.8 Å². The summed E-state index contributed by atoms with van der Waals surface area (Å²) in [6.45, 7) is 2.82. The molecule has 0 amide bonds. The average Bonchev–Trinajstić information content (AvgIpc) is 2.36. The monoisotopic (exact) mass is 535 g/mol. The average molecular weight is 536 g/mol. The van der Waals surface area contributed by atoms with E-state index in [1.807, 2.05) is 0 Å².